The molecule has 0 saturated carbocycles. The van der Waals surface area contributed by atoms with E-state index in [-0.39, 0.29) is 23.2 Å². The summed E-state index contributed by atoms with van der Waals surface area (Å²) in [5, 5.41) is 38.6. The van der Waals surface area contributed by atoms with Gasteiger partial charge in [0.25, 0.3) is 0 Å². The van der Waals surface area contributed by atoms with E-state index in [0.29, 0.717) is 16.6 Å². The number of aliphatic hydroxyl groups is 2. The van der Waals surface area contributed by atoms with Crippen LogP contribution in [0.3, 0.4) is 0 Å². The molecule has 146 valence electrons. The number of nitrogens with two attached hydrogens (primary N) is 1. The topological polar surface area (TPSA) is 146 Å². The molecule has 0 saturated heterocycles. The highest BCUT2D eigenvalue weighted by Crippen LogP contribution is 2.27. The molecule has 0 amide bonds. The highest BCUT2D eigenvalue weighted by Gasteiger charge is 2.19. The third-order valence-electron chi connectivity index (χ3n) is 4.69. The van der Waals surface area contributed by atoms with E-state index in [9.17, 15) is 30.0 Å². The molecule has 0 radical (unpaired) electrons. The molecule has 0 aliphatic carbocycles. The number of nitrogens with zero attached hydrogens (tertiary/aromatic N) is 1. The number of carboxylic acid groups (broad SMARTS) is 1. The lowest BCUT2D eigenvalue weighted by atomic mass is 10.0. The fraction of sp³-hybridized carbons (Fsp3) is 0.200. The lowest BCUT2D eigenvalue weighted by Crippen LogP contribution is -2.24. The Morgan fingerprint density at radius 2 is 1.86 bits per heavy atom. The first-order valence-corrected chi connectivity index (χ1v) is 8.56. The number of carboxylic acids is 1. The van der Waals surface area contributed by atoms with Crippen LogP contribution in [0.1, 0.15) is 27.5 Å². The van der Waals surface area contributed by atoms with Gasteiger partial charge >= 0.3 is 5.97 Å². The maximum Gasteiger partial charge on any atom is 0.341 e. The van der Waals surface area contributed by atoms with Gasteiger partial charge in [-0.15, -0.1) is 0 Å². The summed E-state index contributed by atoms with van der Waals surface area (Å²) < 4.78 is 1.39. The summed E-state index contributed by atoms with van der Waals surface area (Å²) in [6.45, 7) is -0.848. The Kier molecular flexibility index (Phi) is 5.34. The van der Waals surface area contributed by atoms with Crippen molar-refractivity contribution in [3.05, 3.63) is 69.5 Å². The zero-order chi connectivity index (χ0) is 20.4. The zero-order valence-electron chi connectivity index (χ0n) is 14.9. The third-order valence-corrected chi connectivity index (χ3v) is 4.69. The van der Waals surface area contributed by atoms with Crippen molar-refractivity contribution in [1.82, 2.24) is 4.57 Å². The van der Waals surface area contributed by atoms with Crippen LogP contribution in [0.4, 0.5) is 5.69 Å². The van der Waals surface area contributed by atoms with Crippen molar-refractivity contribution in [3.8, 4) is 5.75 Å². The number of para-hydroxylation sites is 1. The summed E-state index contributed by atoms with van der Waals surface area (Å²) in [5.74, 6) is -1.44. The van der Waals surface area contributed by atoms with E-state index >= 15 is 0 Å². The molecular formula is C20H20N2O6. The van der Waals surface area contributed by atoms with Gasteiger partial charge in [-0.2, -0.15) is 0 Å². The Morgan fingerprint density at radius 1 is 1.14 bits per heavy atom. The van der Waals surface area contributed by atoms with Crippen LogP contribution in [-0.4, -0.2) is 44.2 Å². The highest BCUT2D eigenvalue weighted by molar-refractivity contribution is 5.92. The molecule has 0 fully saturated rings. The molecule has 0 bridgehead atoms. The average Bonchev–Trinajstić information content (AvgIpc) is 2.68. The third kappa shape index (κ3) is 3.42. The molecule has 0 unspecified atom stereocenters. The van der Waals surface area contributed by atoms with Gasteiger partial charge in [-0.25, -0.2) is 4.79 Å². The lowest BCUT2D eigenvalue weighted by molar-refractivity contribution is 0.0693. The SMILES string of the molecule is Nc1cccc(Cc2ccc3c(c2)c(=O)c(C(=O)O)cn3C(CO)CO)c1O. The van der Waals surface area contributed by atoms with Crippen molar-refractivity contribution in [3.63, 3.8) is 0 Å². The van der Waals surface area contributed by atoms with Crippen LogP contribution in [0.15, 0.2) is 47.4 Å². The number of hydrogen-bond acceptors (Lipinski definition) is 6. The molecule has 0 aliphatic heterocycles. The minimum Gasteiger partial charge on any atom is -0.505 e. The number of anilines is 1. The quantitative estimate of drug-likeness (QED) is 0.316. The van der Waals surface area contributed by atoms with Gasteiger partial charge in [-0.05, 0) is 23.8 Å². The van der Waals surface area contributed by atoms with Crippen LogP contribution in [0.25, 0.3) is 10.9 Å². The van der Waals surface area contributed by atoms with Crippen LogP contribution < -0.4 is 11.2 Å². The molecule has 28 heavy (non-hydrogen) atoms. The first-order valence-electron chi connectivity index (χ1n) is 8.56. The van der Waals surface area contributed by atoms with E-state index in [1.165, 1.54) is 4.57 Å². The van der Waals surface area contributed by atoms with Gasteiger partial charge in [0.15, 0.2) is 0 Å². The molecule has 0 aliphatic rings. The summed E-state index contributed by atoms with van der Waals surface area (Å²) in [4.78, 5) is 24.1. The number of pyridine rings is 1. The maximum absolute atomic E-state index is 12.7. The monoisotopic (exact) mass is 384 g/mol. The predicted octanol–water partition coefficient (Wildman–Crippen LogP) is 1.10. The molecule has 0 spiro atoms. The normalized spacial score (nSPS) is 11.2. The molecule has 0 atom stereocenters. The van der Waals surface area contributed by atoms with Crippen LogP contribution in [0.5, 0.6) is 5.75 Å². The maximum atomic E-state index is 12.7. The predicted molar refractivity (Wildman–Crippen MR) is 104 cm³/mol. The minimum absolute atomic E-state index is 0.0417. The van der Waals surface area contributed by atoms with Gasteiger partial charge in [0, 0.05) is 23.6 Å². The molecule has 3 rings (SSSR count). The fourth-order valence-electron chi connectivity index (χ4n) is 3.17. The Balaban J connectivity index is 2.19. The second kappa shape index (κ2) is 7.71. The Hall–Kier alpha value is -3.36. The van der Waals surface area contributed by atoms with Crippen LogP contribution in [0.2, 0.25) is 0 Å². The van der Waals surface area contributed by atoms with E-state index in [2.05, 4.69) is 0 Å². The molecule has 3 aromatic rings. The van der Waals surface area contributed by atoms with Gasteiger partial charge in [-0.3, -0.25) is 4.79 Å². The van der Waals surface area contributed by atoms with Gasteiger partial charge in [-0.1, -0.05) is 18.2 Å². The number of rotatable bonds is 6. The first kappa shape index (κ1) is 19.4. The summed E-state index contributed by atoms with van der Waals surface area (Å²) >= 11 is 0. The van der Waals surface area contributed by atoms with E-state index in [1.54, 1.807) is 36.4 Å². The Labute approximate surface area is 159 Å². The van der Waals surface area contributed by atoms with Gasteiger partial charge in [0.1, 0.15) is 11.3 Å². The molecule has 8 nitrogen and oxygen atoms in total. The van der Waals surface area contributed by atoms with Crippen LogP contribution in [-0.2, 0) is 6.42 Å². The number of aromatic nitrogens is 1. The van der Waals surface area contributed by atoms with Crippen molar-refractivity contribution >= 4 is 22.6 Å². The molecule has 1 heterocycles. The fourth-order valence-corrected chi connectivity index (χ4v) is 3.17. The van der Waals surface area contributed by atoms with E-state index in [1.807, 2.05) is 0 Å². The van der Waals surface area contributed by atoms with Crippen LogP contribution in [0, 0.1) is 0 Å². The Morgan fingerprint density at radius 3 is 2.50 bits per heavy atom. The zero-order valence-corrected chi connectivity index (χ0v) is 14.9. The summed E-state index contributed by atoms with van der Waals surface area (Å²) in [6, 6.07) is 9.09. The largest absolute Gasteiger partial charge is 0.505 e. The van der Waals surface area contributed by atoms with Crippen LogP contribution >= 0.6 is 0 Å². The van der Waals surface area contributed by atoms with Gasteiger partial charge in [0.2, 0.25) is 5.43 Å². The molecule has 2 aromatic carbocycles. The second-order valence-electron chi connectivity index (χ2n) is 6.49. The standard InChI is InChI=1S/C20H20N2O6/c21-16-3-1-2-12(18(16)25)6-11-4-5-17-14(7-11)19(26)15(20(27)28)8-22(17)13(9-23)10-24/h1-5,7-8,13,23-25H,6,9-10,21H2,(H,27,28). The number of phenolic OH excluding ortho intramolecular Hbond substituents is 1. The summed E-state index contributed by atoms with van der Waals surface area (Å²) in [5.41, 5.74) is 6.46. The minimum atomic E-state index is -1.39. The summed E-state index contributed by atoms with van der Waals surface area (Å²) in [7, 11) is 0. The number of carbonyl (C=O) groups is 1. The molecule has 8 heteroatoms. The number of nitrogen functional groups attached to an aromatic ring is 1. The van der Waals surface area contributed by atoms with Crippen molar-refractivity contribution in [2.24, 2.45) is 0 Å². The Bertz CT molecular complexity index is 1100. The number of benzene rings is 2. The number of aliphatic hydroxyl groups excluding tert-OH is 2. The van der Waals surface area contributed by atoms with Crippen molar-refractivity contribution in [2.45, 2.75) is 12.5 Å². The van der Waals surface area contributed by atoms with Gasteiger partial charge in [0.05, 0.1) is 30.5 Å². The van der Waals surface area contributed by atoms with E-state index in [0.717, 1.165) is 6.20 Å². The van der Waals surface area contributed by atoms with E-state index < -0.39 is 36.2 Å². The number of fused-ring (bicyclic) bond motifs is 1. The number of hydrogen-bond donors (Lipinski definition) is 5. The van der Waals surface area contributed by atoms with Crippen molar-refractivity contribution in [2.75, 3.05) is 18.9 Å². The number of aromatic hydroxyl groups is 1. The summed E-state index contributed by atoms with van der Waals surface area (Å²) in [6.07, 6.45) is 1.42. The molecule has 1 aromatic heterocycles. The van der Waals surface area contributed by atoms with Crippen molar-refractivity contribution in [1.29, 1.82) is 0 Å². The average molecular weight is 384 g/mol. The number of phenols is 1. The van der Waals surface area contributed by atoms with E-state index in [4.69, 9.17) is 5.73 Å². The lowest BCUT2D eigenvalue weighted by Gasteiger charge is -2.20. The smallest absolute Gasteiger partial charge is 0.341 e. The van der Waals surface area contributed by atoms with Gasteiger partial charge < -0.3 is 30.7 Å². The molecule has 6 N–H and O–H groups in total. The highest BCUT2D eigenvalue weighted by atomic mass is 16.4. The second-order valence-corrected chi connectivity index (χ2v) is 6.49. The first-order chi connectivity index (χ1) is 13.4. The van der Waals surface area contributed by atoms with Crippen molar-refractivity contribution < 1.29 is 25.2 Å². The number of aromatic carboxylic acids is 1. The molecular weight excluding hydrogens is 364 g/mol.